The molecule has 1 N–H and O–H groups in total. The molecule has 0 spiro atoms. The quantitative estimate of drug-likeness (QED) is 0.265. The maximum absolute atomic E-state index is 8.76. The van der Waals surface area contributed by atoms with Gasteiger partial charge >= 0.3 is 0 Å². The van der Waals surface area contributed by atoms with Crippen LogP contribution in [-0.4, -0.2) is 30.9 Å². The lowest BCUT2D eigenvalue weighted by atomic mass is 10.2. The van der Waals surface area contributed by atoms with Crippen LogP contribution in [0.5, 0.6) is 0 Å². The second-order valence-corrected chi connectivity index (χ2v) is 2.82. The van der Waals surface area contributed by atoms with E-state index >= 15 is 0 Å². The molecule has 1 rings (SSSR count). The van der Waals surface area contributed by atoms with Gasteiger partial charge in [-0.25, -0.2) is 0 Å². The summed E-state index contributed by atoms with van der Waals surface area (Å²) in [6.45, 7) is 3.43. The van der Waals surface area contributed by atoms with Gasteiger partial charge in [0.2, 0.25) is 0 Å². The Bertz CT molecular complexity index is 298. The predicted molar refractivity (Wildman–Crippen MR) is 57.2 cm³/mol. The summed E-state index contributed by atoms with van der Waals surface area (Å²) in [6.07, 6.45) is 0. The van der Waals surface area contributed by atoms with Gasteiger partial charge in [-0.3, -0.25) is 0 Å². The van der Waals surface area contributed by atoms with Crippen LogP contribution < -0.4 is 0 Å². The second kappa shape index (κ2) is 6.84. The van der Waals surface area contributed by atoms with E-state index in [4.69, 9.17) is 14.7 Å². The molecular formula is C11H15NO3. The Labute approximate surface area is 89.1 Å². The standard InChI is InChI=1S/C11H15NO3/c1-2-14-8-9-15-11(12-13)10-6-4-3-5-7-10/h3-7,13H,2,8-9H2,1H3. The Kier molecular flexibility index (Phi) is 5.25. The highest BCUT2D eigenvalue weighted by atomic mass is 16.5. The molecule has 0 heterocycles. The molecule has 4 heteroatoms. The molecule has 0 fully saturated rings. The third-order valence-corrected chi connectivity index (χ3v) is 1.78. The molecule has 0 unspecified atom stereocenters. The third kappa shape index (κ3) is 3.99. The molecule has 0 aromatic heterocycles. The van der Waals surface area contributed by atoms with E-state index in [2.05, 4.69) is 5.16 Å². The fraction of sp³-hybridized carbons (Fsp3) is 0.364. The third-order valence-electron chi connectivity index (χ3n) is 1.78. The van der Waals surface area contributed by atoms with Crippen LogP contribution in [0.1, 0.15) is 12.5 Å². The average molecular weight is 209 g/mol. The fourth-order valence-electron chi connectivity index (χ4n) is 1.09. The first-order valence-electron chi connectivity index (χ1n) is 4.86. The van der Waals surface area contributed by atoms with E-state index in [0.717, 1.165) is 5.56 Å². The number of oxime groups is 1. The van der Waals surface area contributed by atoms with Crippen molar-refractivity contribution in [3.63, 3.8) is 0 Å². The number of rotatable bonds is 5. The maximum Gasteiger partial charge on any atom is 0.257 e. The van der Waals surface area contributed by atoms with E-state index in [1.54, 1.807) is 0 Å². The van der Waals surface area contributed by atoms with Crippen LogP contribution in [0.3, 0.4) is 0 Å². The van der Waals surface area contributed by atoms with E-state index < -0.39 is 0 Å². The summed E-state index contributed by atoms with van der Waals surface area (Å²) < 4.78 is 10.4. The maximum atomic E-state index is 8.76. The summed E-state index contributed by atoms with van der Waals surface area (Å²) in [5.74, 6) is 0.218. The van der Waals surface area contributed by atoms with Crippen LogP contribution in [0, 0.1) is 0 Å². The first kappa shape index (κ1) is 11.5. The largest absolute Gasteiger partial charge is 0.473 e. The molecule has 0 aliphatic heterocycles. The van der Waals surface area contributed by atoms with Crippen molar-refractivity contribution in [2.75, 3.05) is 19.8 Å². The summed E-state index contributed by atoms with van der Waals surface area (Å²) in [5.41, 5.74) is 0.747. The number of benzene rings is 1. The van der Waals surface area contributed by atoms with Gasteiger partial charge in [0.05, 0.1) is 6.61 Å². The van der Waals surface area contributed by atoms with Crippen LogP contribution in [0.2, 0.25) is 0 Å². The average Bonchev–Trinajstić information content (AvgIpc) is 2.30. The van der Waals surface area contributed by atoms with E-state index in [1.165, 1.54) is 0 Å². The second-order valence-electron chi connectivity index (χ2n) is 2.82. The van der Waals surface area contributed by atoms with Gasteiger partial charge in [-0.15, -0.1) is 0 Å². The molecular weight excluding hydrogens is 194 g/mol. The lowest BCUT2D eigenvalue weighted by molar-refractivity contribution is 0.104. The Hall–Kier alpha value is -1.55. The van der Waals surface area contributed by atoms with Crippen LogP contribution in [-0.2, 0) is 9.47 Å². The molecule has 4 nitrogen and oxygen atoms in total. The summed E-state index contributed by atoms with van der Waals surface area (Å²) in [5, 5.41) is 11.9. The van der Waals surface area contributed by atoms with Crippen molar-refractivity contribution >= 4 is 5.90 Å². The normalized spacial score (nSPS) is 11.4. The highest BCUT2D eigenvalue weighted by molar-refractivity contribution is 5.93. The first-order valence-corrected chi connectivity index (χ1v) is 4.86. The van der Waals surface area contributed by atoms with Crippen molar-refractivity contribution in [2.45, 2.75) is 6.92 Å². The summed E-state index contributed by atoms with van der Waals surface area (Å²) in [4.78, 5) is 0. The monoisotopic (exact) mass is 209 g/mol. The molecule has 0 saturated heterocycles. The molecule has 1 aromatic carbocycles. The van der Waals surface area contributed by atoms with Crippen molar-refractivity contribution in [1.82, 2.24) is 0 Å². The Morgan fingerprint density at radius 2 is 2.00 bits per heavy atom. The van der Waals surface area contributed by atoms with Crippen molar-refractivity contribution < 1.29 is 14.7 Å². The molecule has 0 aliphatic carbocycles. The van der Waals surface area contributed by atoms with E-state index in [0.29, 0.717) is 19.8 Å². The van der Waals surface area contributed by atoms with Crippen molar-refractivity contribution in [1.29, 1.82) is 0 Å². The van der Waals surface area contributed by atoms with Crippen LogP contribution >= 0.6 is 0 Å². The van der Waals surface area contributed by atoms with Crippen LogP contribution in [0.15, 0.2) is 35.5 Å². The minimum atomic E-state index is 0.218. The van der Waals surface area contributed by atoms with E-state index in [-0.39, 0.29) is 5.90 Å². The SMILES string of the molecule is CCOCCOC(=NO)c1ccccc1. The Balaban J connectivity index is 2.44. The topological polar surface area (TPSA) is 51.0 Å². The lowest BCUT2D eigenvalue weighted by Gasteiger charge is -2.07. The van der Waals surface area contributed by atoms with Gasteiger partial charge in [0.25, 0.3) is 5.90 Å². The fourth-order valence-corrected chi connectivity index (χ4v) is 1.09. The number of ether oxygens (including phenoxy) is 2. The van der Waals surface area contributed by atoms with Gasteiger partial charge in [0.15, 0.2) is 0 Å². The molecule has 1 aromatic rings. The predicted octanol–water partition coefficient (Wildman–Crippen LogP) is 1.88. The van der Waals surface area contributed by atoms with Gasteiger partial charge in [-0.1, -0.05) is 18.2 Å². The first-order chi connectivity index (χ1) is 7.38. The molecule has 0 aliphatic rings. The van der Waals surface area contributed by atoms with Crippen molar-refractivity contribution in [2.24, 2.45) is 5.16 Å². The van der Waals surface area contributed by atoms with Gasteiger partial charge in [-0.2, -0.15) is 0 Å². The van der Waals surface area contributed by atoms with Gasteiger partial charge in [-0.05, 0) is 24.2 Å². The Morgan fingerprint density at radius 1 is 1.27 bits per heavy atom. The number of nitrogens with zero attached hydrogens (tertiary/aromatic N) is 1. The minimum Gasteiger partial charge on any atom is -0.473 e. The summed E-state index contributed by atoms with van der Waals surface area (Å²) in [6, 6.07) is 9.23. The molecule has 0 bridgehead atoms. The van der Waals surface area contributed by atoms with Crippen LogP contribution in [0.25, 0.3) is 0 Å². The molecule has 15 heavy (non-hydrogen) atoms. The molecule has 0 saturated carbocycles. The van der Waals surface area contributed by atoms with Gasteiger partial charge in [0.1, 0.15) is 6.61 Å². The minimum absolute atomic E-state index is 0.218. The number of hydrogen-bond donors (Lipinski definition) is 1. The summed E-state index contributed by atoms with van der Waals surface area (Å²) >= 11 is 0. The molecule has 0 amide bonds. The van der Waals surface area contributed by atoms with E-state index in [1.807, 2.05) is 37.3 Å². The van der Waals surface area contributed by atoms with Crippen LogP contribution in [0.4, 0.5) is 0 Å². The zero-order chi connectivity index (χ0) is 10.9. The molecule has 0 atom stereocenters. The zero-order valence-electron chi connectivity index (χ0n) is 8.72. The highest BCUT2D eigenvalue weighted by Gasteiger charge is 2.03. The van der Waals surface area contributed by atoms with Crippen molar-refractivity contribution in [3.8, 4) is 0 Å². The molecule has 82 valence electrons. The van der Waals surface area contributed by atoms with Crippen molar-refractivity contribution in [3.05, 3.63) is 35.9 Å². The van der Waals surface area contributed by atoms with Gasteiger partial charge < -0.3 is 14.7 Å². The Morgan fingerprint density at radius 3 is 2.60 bits per heavy atom. The number of hydrogen-bond acceptors (Lipinski definition) is 4. The highest BCUT2D eigenvalue weighted by Crippen LogP contribution is 2.02. The lowest BCUT2D eigenvalue weighted by Crippen LogP contribution is -2.11. The molecule has 0 radical (unpaired) electrons. The zero-order valence-corrected chi connectivity index (χ0v) is 8.72. The van der Waals surface area contributed by atoms with E-state index in [9.17, 15) is 0 Å². The van der Waals surface area contributed by atoms with Gasteiger partial charge in [0, 0.05) is 12.2 Å². The summed E-state index contributed by atoms with van der Waals surface area (Å²) in [7, 11) is 0. The smallest absolute Gasteiger partial charge is 0.257 e.